The SMILES string of the molecule is CCCCCCCCCCCCCCC(C(=O)Cc1ccccc1OC)c1sc(N)nc1-c1ccco1. The van der Waals surface area contributed by atoms with Crippen molar-refractivity contribution < 1.29 is 13.9 Å². The number of nitrogen functional groups attached to an aromatic ring is 1. The molecular weight excluding hydrogens is 480 g/mol. The van der Waals surface area contributed by atoms with Crippen LogP contribution in [0, 0.1) is 0 Å². The molecule has 2 heterocycles. The maximum Gasteiger partial charge on any atom is 0.180 e. The maximum atomic E-state index is 13.7. The van der Waals surface area contributed by atoms with Crippen molar-refractivity contribution in [3.63, 3.8) is 0 Å². The number of ether oxygens (including phenoxy) is 1. The van der Waals surface area contributed by atoms with Crippen LogP contribution >= 0.6 is 11.3 Å². The number of nitrogens with zero attached hydrogens (tertiary/aromatic N) is 1. The van der Waals surface area contributed by atoms with Crippen LogP contribution in [0.2, 0.25) is 0 Å². The number of ketones is 1. The number of benzene rings is 1. The fourth-order valence-electron chi connectivity index (χ4n) is 4.96. The van der Waals surface area contributed by atoms with E-state index in [0.29, 0.717) is 23.0 Å². The highest BCUT2D eigenvalue weighted by molar-refractivity contribution is 7.16. The van der Waals surface area contributed by atoms with Gasteiger partial charge in [0.15, 0.2) is 10.9 Å². The maximum absolute atomic E-state index is 13.7. The number of para-hydroxylation sites is 1. The Morgan fingerprint density at radius 1 is 0.946 bits per heavy atom. The Balaban J connectivity index is 1.57. The normalized spacial score (nSPS) is 12.1. The molecule has 2 N–H and O–H groups in total. The van der Waals surface area contributed by atoms with Gasteiger partial charge in [0.2, 0.25) is 0 Å². The Labute approximate surface area is 226 Å². The highest BCUT2D eigenvalue weighted by Crippen LogP contribution is 2.39. The lowest BCUT2D eigenvalue weighted by Crippen LogP contribution is -2.15. The molecule has 0 aliphatic heterocycles. The van der Waals surface area contributed by atoms with E-state index in [2.05, 4.69) is 11.9 Å². The van der Waals surface area contributed by atoms with E-state index in [1.807, 2.05) is 36.4 Å². The molecule has 6 heteroatoms. The first-order valence-electron chi connectivity index (χ1n) is 14.1. The molecule has 0 fully saturated rings. The van der Waals surface area contributed by atoms with Crippen LogP contribution in [0.3, 0.4) is 0 Å². The van der Waals surface area contributed by atoms with Gasteiger partial charge in [0, 0.05) is 16.9 Å². The molecule has 0 saturated heterocycles. The number of carbonyl (C=O) groups is 1. The van der Waals surface area contributed by atoms with E-state index in [4.69, 9.17) is 14.9 Å². The molecule has 0 aliphatic rings. The van der Waals surface area contributed by atoms with Crippen LogP contribution in [0.5, 0.6) is 5.75 Å². The molecular formula is C31H44N2O3S. The number of hydrogen-bond donors (Lipinski definition) is 1. The van der Waals surface area contributed by atoms with E-state index in [-0.39, 0.29) is 11.7 Å². The highest BCUT2D eigenvalue weighted by atomic mass is 32.1. The fraction of sp³-hybridized carbons (Fsp3) is 0.548. The zero-order valence-electron chi connectivity index (χ0n) is 22.7. The van der Waals surface area contributed by atoms with Crippen LogP contribution in [0.1, 0.15) is 107 Å². The molecule has 0 bridgehead atoms. The average molecular weight is 525 g/mol. The Kier molecular flexibility index (Phi) is 12.7. The van der Waals surface area contributed by atoms with Gasteiger partial charge in [0.25, 0.3) is 0 Å². The lowest BCUT2D eigenvalue weighted by atomic mass is 9.89. The van der Waals surface area contributed by atoms with Gasteiger partial charge in [-0.05, 0) is 24.6 Å². The first-order valence-corrected chi connectivity index (χ1v) is 14.9. The second kappa shape index (κ2) is 16.3. The van der Waals surface area contributed by atoms with Gasteiger partial charge in [-0.15, -0.1) is 11.3 Å². The summed E-state index contributed by atoms with van der Waals surface area (Å²) in [4.78, 5) is 19.1. The van der Waals surface area contributed by atoms with E-state index in [1.54, 1.807) is 13.4 Å². The van der Waals surface area contributed by atoms with Gasteiger partial charge in [-0.2, -0.15) is 0 Å². The van der Waals surface area contributed by atoms with Gasteiger partial charge < -0.3 is 14.9 Å². The van der Waals surface area contributed by atoms with E-state index in [1.165, 1.54) is 75.5 Å². The number of anilines is 1. The van der Waals surface area contributed by atoms with E-state index in [0.717, 1.165) is 35.5 Å². The van der Waals surface area contributed by atoms with Crippen LogP contribution in [0.25, 0.3) is 11.5 Å². The summed E-state index contributed by atoms with van der Waals surface area (Å²) in [5.41, 5.74) is 7.73. The van der Waals surface area contributed by atoms with Crippen LogP contribution in [-0.2, 0) is 11.2 Å². The third kappa shape index (κ3) is 9.33. The lowest BCUT2D eigenvalue weighted by molar-refractivity contribution is -0.120. The quantitative estimate of drug-likeness (QED) is 0.158. The predicted octanol–water partition coefficient (Wildman–Crippen LogP) is 8.98. The van der Waals surface area contributed by atoms with Gasteiger partial charge >= 0.3 is 0 Å². The minimum absolute atomic E-state index is 0.170. The topological polar surface area (TPSA) is 78.4 Å². The molecule has 0 amide bonds. The molecule has 0 radical (unpaired) electrons. The molecule has 202 valence electrons. The second-order valence-electron chi connectivity index (χ2n) is 9.93. The summed E-state index contributed by atoms with van der Waals surface area (Å²) < 4.78 is 11.1. The average Bonchev–Trinajstić information content (AvgIpc) is 3.57. The van der Waals surface area contributed by atoms with Gasteiger partial charge in [-0.25, -0.2) is 4.98 Å². The molecule has 0 aliphatic carbocycles. The Morgan fingerprint density at radius 3 is 2.22 bits per heavy atom. The molecule has 3 rings (SSSR count). The van der Waals surface area contributed by atoms with Gasteiger partial charge in [0.1, 0.15) is 17.2 Å². The van der Waals surface area contributed by atoms with Gasteiger partial charge in [0.05, 0.1) is 19.3 Å². The van der Waals surface area contributed by atoms with Crippen molar-refractivity contribution in [2.45, 2.75) is 103 Å². The smallest absolute Gasteiger partial charge is 0.180 e. The molecule has 1 unspecified atom stereocenters. The molecule has 3 aromatic rings. The first-order chi connectivity index (χ1) is 18.1. The van der Waals surface area contributed by atoms with Crippen molar-refractivity contribution in [3.05, 3.63) is 53.1 Å². The zero-order valence-corrected chi connectivity index (χ0v) is 23.5. The van der Waals surface area contributed by atoms with Crippen LogP contribution in [0.15, 0.2) is 47.1 Å². The Morgan fingerprint density at radius 2 is 1.59 bits per heavy atom. The van der Waals surface area contributed by atoms with Crippen molar-refractivity contribution in [1.29, 1.82) is 0 Å². The lowest BCUT2D eigenvalue weighted by Gasteiger charge is -2.16. The third-order valence-electron chi connectivity index (χ3n) is 7.03. The number of Topliss-reactive ketones (excluding diaryl/α,β-unsaturated/α-hetero) is 1. The van der Waals surface area contributed by atoms with Crippen molar-refractivity contribution in [3.8, 4) is 17.2 Å². The number of aromatic nitrogens is 1. The molecule has 1 atom stereocenters. The van der Waals surface area contributed by atoms with E-state index in [9.17, 15) is 4.79 Å². The van der Waals surface area contributed by atoms with Crippen molar-refractivity contribution >= 4 is 22.3 Å². The molecule has 2 aromatic heterocycles. The molecule has 5 nitrogen and oxygen atoms in total. The first kappa shape index (κ1) is 29.0. The van der Waals surface area contributed by atoms with Crippen molar-refractivity contribution in [2.75, 3.05) is 12.8 Å². The number of unbranched alkanes of at least 4 members (excludes halogenated alkanes) is 11. The summed E-state index contributed by atoms with van der Waals surface area (Å²) in [7, 11) is 1.64. The fourth-order valence-corrected chi connectivity index (χ4v) is 5.96. The number of nitrogens with two attached hydrogens (primary N) is 1. The van der Waals surface area contributed by atoms with E-state index < -0.39 is 0 Å². The second-order valence-corrected chi connectivity index (χ2v) is 11.0. The molecule has 0 spiro atoms. The van der Waals surface area contributed by atoms with Crippen LogP contribution < -0.4 is 10.5 Å². The van der Waals surface area contributed by atoms with E-state index >= 15 is 0 Å². The summed E-state index contributed by atoms with van der Waals surface area (Å²) in [5.74, 6) is 1.31. The number of hydrogen-bond acceptors (Lipinski definition) is 6. The number of methoxy groups -OCH3 is 1. The third-order valence-corrected chi connectivity index (χ3v) is 8.03. The Hall–Kier alpha value is -2.60. The summed E-state index contributed by atoms with van der Waals surface area (Å²) >= 11 is 1.41. The summed E-state index contributed by atoms with van der Waals surface area (Å²) in [5, 5.41) is 0.464. The summed E-state index contributed by atoms with van der Waals surface area (Å²) in [6, 6.07) is 11.5. The zero-order chi connectivity index (χ0) is 26.3. The largest absolute Gasteiger partial charge is 0.496 e. The summed E-state index contributed by atoms with van der Waals surface area (Å²) in [6.07, 6.45) is 18.3. The molecule has 0 saturated carbocycles. The highest BCUT2D eigenvalue weighted by Gasteiger charge is 2.28. The molecule has 1 aromatic carbocycles. The van der Waals surface area contributed by atoms with Crippen LogP contribution in [-0.4, -0.2) is 17.9 Å². The number of thiazole rings is 1. The monoisotopic (exact) mass is 524 g/mol. The van der Waals surface area contributed by atoms with Crippen molar-refractivity contribution in [2.24, 2.45) is 0 Å². The van der Waals surface area contributed by atoms with Gasteiger partial charge in [-0.3, -0.25) is 4.79 Å². The standard InChI is InChI=1S/C31H44N2O3S/c1-3-4-5-6-7-8-9-10-11-12-13-14-19-25(26(34)23-24-18-15-16-20-27(24)35-2)30-29(33-31(32)37-30)28-21-17-22-36-28/h15-18,20-22,25H,3-14,19,23H2,1-2H3,(H2,32,33). The minimum atomic E-state index is -0.261. The van der Waals surface area contributed by atoms with Gasteiger partial charge in [-0.1, -0.05) is 102 Å². The van der Waals surface area contributed by atoms with Crippen molar-refractivity contribution in [1.82, 2.24) is 4.98 Å². The number of rotatable bonds is 19. The van der Waals surface area contributed by atoms with Crippen LogP contribution in [0.4, 0.5) is 5.13 Å². The molecule has 37 heavy (non-hydrogen) atoms. The minimum Gasteiger partial charge on any atom is -0.496 e. The Bertz CT molecular complexity index is 1040. The summed E-state index contributed by atoms with van der Waals surface area (Å²) in [6.45, 7) is 2.27. The predicted molar refractivity (Wildman–Crippen MR) is 154 cm³/mol. The number of carbonyl (C=O) groups excluding carboxylic acids is 1. The number of furan rings is 1.